The Kier molecular flexibility index (Phi) is 9.97. The molecule has 1 rings (SSSR count). The summed E-state index contributed by atoms with van der Waals surface area (Å²) in [6.45, 7) is 13.0. The zero-order valence-electron chi connectivity index (χ0n) is 11.2. The van der Waals surface area contributed by atoms with E-state index in [1.165, 1.54) is 16.8 Å². The van der Waals surface area contributed by atoms with Crippen LogP contribution in [0.2, 0.25) is 0 Å². The van der Waals surface area contributed by atoms with Crippen LogP contribution >= 0.6 is 12.4 Å². The first kappa shape index (κ1) is 19.2. The fourth-order valence-electron chi connectivity index (χ4n) is 1.86. The number of anilines is 1. The maximum absolute atomic E-state index is 3.38. The van der Waals surface area contributed by atoms with Gasteiger partial charge in [-0.3, -0.25) is 0 Å². The van der Waals surface area contributed by atoms with Gasteiger partial charge in [0.1, 0.15) is 0 Å². The van der Waals surface area contributed by atoms with E-state index in [-0.39, 0.29) is 29.2 Å². The van der Waals surface area contributed by atoms with Crippen molar-refractivity contribution in [2.45, 2.75) is 46.5 Å². The first-order chi connectivity index (χ1) is 7.07. The van der Waals surface area contributed by atoms with Crippen LogP contribution in [-0.2, 0) is 16.8 Å². The monoisotopic (exact) mass is 299 g/mol. The Morgan fingerprint density at radius 3 is 1.71 bits per heavy atom. The Balaban J connectivity index is 0. The van der Waals surface area contributed by atoms with E-state index in [0.717, 1.165) is 0 Å². The quantitative estimate of drug-likeness (QED) is 0.776. The Hall–Kier alpha value is -0.184. The summed E-state index contributed by atoms with van der Waals surface area (Å²) in [7, 11) is 0. The summed E-state index contributed by atoms with van der Waals surface area (Å²) in [4.78, 5) is 0. The van der Waals surface area contributed by atoms with Crippen LogP contribution in [0.3, 0.4) is 0 Å². The van der Waals surface area contributed by atoms with Gasteiger partial charge >= 0.3 is 0 Å². The van der Waals surface area contributed by atoms with Crippen molar-refractivity contribution >= 4 is 18.1 Å². The standard InChI is InChI=1S/C14H22N.ClH.Co/c1-6-15-14-12(10(2)3)8-7-9-13(14)11(4)5;;/h6-11,15H,1-5H3;1H;/q-1;;. The van der Waals surface area contributed by atoms with Gasteiger partial charge in [0, 0.05) is 22.5 Å². The summed E-state index contributed by atoms with van der Waals surface area (Å²) >= 11 is 0. The second kappa shape index (κ2) is 8.84. The molecule has 0 fully saturated rings. The minimum atomic E-state index is 0. The average molecular weight is 300 g/mol. The Morgan fingerprint density at radius 2 is 1.41 bits per heavy atom. The number of nitrogens with one attached hydrogen (secondary N) is 1. The molecule has 1 nitrogen and oxygen atoms in total. The van der Waals surface area contributed by atoms with E-state index in [2.05, 4.69) is 51.2 Å². The molecule has 3 heteroatoms. The molecule has 1 aromatic rings. The molecule has 101 valence electrons. The fourth-order valence-corrected chi connectivity index (χ4v) is 1.86. The molecule has 0 spiro atoms. The molecule has 1 radical (unpaired) electrons. The second-order valence-corrected chi connectivity index (χ2v) is 4.55. The topological polar surface area (TPSA) is 12.0 Å². The SMILES string of the molecule is C[CH-]Nc1c(C(C)C)cccc1C(C)C.Cl.[Co]. The Morgan fingerprint density at radius 1 is 1.00 bits per heavy atom. The third kappa shape index (κ3) is 4.90. The maximum atomic E-state index is 3.38. The molecule has 0 heterocycles. The molecule has 0 saturated heterocycles. The summed E-state index contributed by atoms with van der Waals surface area (Å²) in [6, 6.07) is 6.58. The Labute approximate surface area is 122 Å². The molecule has 1 N–H and O–H groups in total. The van der Waals surface area contributed by atoms with Crippen LogP contribution in [0.1, 0.15) is 57.6 Å². The van der Waals surface area contributed by atoms with Gasteiger partial charge in [-0.1, -0.05) is 45.9 Å². The van der Waals surface area contributed by atoms with Crippen LogP contribution < -0.4 is 5.32 Å². The molecule has 0 aliphatic heterocycles. The van der Waals surface area contributed by atoms with Crippen molar-refractivity contribution in [3.8, 4) is 0 Å². The van der Waals surface area contributed by atoms with Crippen molar-refractivity contribution in [2.24, 2.45) is 0 Å². The van der Waals surface area contributed by atoms with Crippen molar-refractivity contribution in [3.05, 3.63) is 35.9 Å². The zero-order valence-corrected chi connectivity index (χ0v) is 13.1. The smallest absolute Gasteiger partial charge is 0.0117 e. The number of benzene rings is 1. The van der Waals surface area contributed by atoms with Gasteiger partial charge < -0.3 is 5.32 Å². The number of rotatable bonds is 4. The third-order valence-electron chi connectivity index (χ3n) is 2.66. The molecule has 0 amide bonds. The summed E-state index contributed by atoms with van der Waals surface area (Å²) in [5, 5.41) is 3.38. The van der Waals surface area contributed by atoms with Gasteiger partial charge in [-0.15, -0.1) is 12.4 Å². The maximum Gasteiger partial charge on any atom is 0.0117 e. The molecule has 0 atom stereocenters. The average Bonchev–Trinajstić information content (AvgIpc) is 2.17. The molecule has 0 saturated carbocycles. The van der Waals surface area contributed by atoms with E-state index in [0.29, 0.717) is 11.8 Å². The molecule has 17 heavy (non-hydrogen) atoms. The van der Waals surface area contributed by atoms with E-state index in [9.17, 15) is 0 Å². The van der Waals surface area contributed by atoms with Gasteiger partial charge in [-0.2, -0.15) is 6.92 Å². The number of hydrogen-bond donors (Lipinski definition) is 1. The summed E-state index contributed by atoms with van der Waals surface area (Å²) < 4.78 is 0. The molecule has 0 bridgehead atoms. The van der Waals surface area contributed by atoms with Crippen LogP contribution in [0, 0.1) is 6.54 Å². The number of para-hydroxylation sites is 1. The third-order valence-corrected chi connectivity index (χ3v) is 2.66. The van der Waals surface area contributed by atoms with Crippen molar-refractivity contribution in [1.29, 1.82) is 0 Å². The van der Waals surface area contributed by atoms with Gasteiger partial charge in [0.05, 0.1) is 0 Å². The second-order valence-electron chi connectivity index (χ2n) is 4.55. The van der Waals surface area contributed by atoms with Crippen LogP contribution in [0.15, 0.2) is 18.2 Å². The molecule has 0 aliphatic rings. The minimum Gasteiger partial charge on any atom is -0.535 e. The first-order valence-electron chi connectivity index (χ1n) is 5.75. The van der Waals surface area contributed by atoms with Crippen LogP contribution in [0.5, 0.6) is 0 Å². The molecular formula is C14H23ClCoN-. The number of hydrogen-bond acceptors (Lipinski definition) is 1. The largest absolute Gasteiger partial charge is 0.535 e. The first-order valence-corrected chi connectivity index (χ1v) is 5.75. The van der Waals surface area contributed by atoms with E-state index >= 15 is 0 Å². The van der Waals surface area contributed by atoms with Crippen molar-refractivity contribution in [1.82, 2.24) is 0 Å². The zero-order chi connectivity index (χ0) is 11.4. The predicted molar refractivity (Wildman–Crippen MR) is 75.5 cm³/mol. The van der Waals surface area contributed by atoms with Crippen molar-refractivity contribution in [2.75, 3.05) is 5.32 Å². The molecule has 1 aromatic carbocycles. The molecule has 0 aromatic heterocycles. The van der Waals surface area contributed by atoms with E-state index < -0.39 is 0 Å². The van der Waals surface area contributed by atoms with E-state index in [4.69, 9.17) is 0 Å². The summed E-state index contributed by atoms with van der Waals surface area (Å²) in [6.07, 6.45) is 0. The minimum absolute atomic E-state index is 0. The van der Waals surface area contributed by atoms with Gasteiger partial charge in [0.25, 0.3) is 0 Å². The van der Waals surface area contributed by atoms with Crippen LogP contribution in [0.25, 0.3) is 0 Å². The predicted octanol–water partition coefficient (Wildman–Crippen LogP) is 4.95. The van der Waals surface area contributed by atoms with Gasteiger partial charge in [-0.05, 0) is 23.0 Å². The van der Waals surface area contributed by atoms with E-state index in [1.54, 1.807) is 0 Å². The normalized spacial score (nSPS) is 9.82. The van der Waals surface area contributed by atoms with E-state index in [1.807, 2.05) is 13.5 Å². The van der Waals surface area contributed by atoms with Gasteiger partial charge in [0.15, 0.2) is 0 Å². The number of halogens is 1. The summed E-state index contributed by atoms with van der Waals surface area (Å²) in [5.41, 5.74) is 4.10. The van der Waals surface area contributed by atoms with Crippen molar-refractivity contribution in [3.63, 3.8) is 0 Å². The summed E-state index contributed by atoms with van der Waals surface area (Å²) in [5.74, 6) is 1.12. The Bertz CT molecular complexity index is 298. The van der Waals surface area contributed by atoms with Gasteiger partial charge in [0.2, 0.25) is 0 Å². The molecule has 0 unspecified atom stereocenters. The van der Waals surface area contributed by atoms with Crippen LogP contribution in [0.4, 0.5) is 5.69 Å². The van der Waals surface area contributed by atoms with Crippen molar-refractivity contribution < 1.29 is 16.8 Å². The van der Waals surface area contributed by atoms with Crippen LogP contribution in [-0.4, -0.2) is 0 Å². The van der Waals surface area contributed by atoms with Gasteiger partial charge in [-0.25, -0.2) is 6.54 Å². The molecule has 0 aliphatic carbocycles. The fraction of sp³-hybridized carbons (Fsp3) is 0.500. The molecular weight excluding hydrogens is 277 g/mol.